The molecular formula is C14H20F3N3O. The predicted octanol–water partition coefficient (Wildman–Crippen LogP) is 2.54. The van der Waals surface area contributed by atoms with Crippen molar-refractivity contribution in [3.8, 4) is 5.75 Å². The molecule has 0 radical (unpaired) electrons. The number of halogens is 3. The number of piperidine rings is 1. The molecule has 7 heteroatoms. The molecule has 0 aliphatic carbocycles. The van der Waals surface area contributed by atoms with E-state index in [1.54, 1.807) is 0 Å². The van der Waals surface area contributed by atoms with Gasteiger partial charge in [0.15, 0.2) is 11.6 Å². The molecule has 0 aromatic heterocycles. The average molecular weight is 303 g/mol. The van der Waals surface area contributed by atoms with Gasteiger partial charge in [-0.3, -0.25) is 0 Å². The van der Waals surface area contributed by atoms with Crippen LogP contribution < -0.4 is 15.4 Å². The Hall–Kier alpha value is -1.63. The van der Waals surface area contributed by atoms with Gasteiger partial charge in [-0.05, 0) is 26.9 Å². The molecule has 1 aromatic carbocycles. The van der Waals surface area contributed by atoms with E-state index in [-0.39, 0.29) is 5.69 Å². The van der Waals surface area contributed by atoms with Crippen LogP contribution in [0.3, 0.4) is 0 Å². The van der Waals surface area contributed by atoms with Crippen molar-refractivity contribution in [1.29, 1.82) is 0 Å². The largest absolute Gasteiger partial charge is 0.432 e. The van der Waals surface area contributed by atoms with Crippen molar-refractivity contribution >= 4 is 11.4 Å². The predicted molar refractivity (Wildman–Crippen MR) is 76.4 cm³/mol. The fourth-order valence-electron chi connectivity index (χ4n) is 2.61. The van der Waals surface area contributed by atoms with E-state index in [9.17, 15) is 13.2 Å². The van der Waals surface area contributed by atoms with Gasteiger partial charge in [0.2, 0.25) is 0 Å². The molecule has 0 spiro atoms. The molecule has 0 amide bonds. The highest BCUT2D eigenvalue weighted by Gasteiger charge is 2.24. The molecular weight excluding hydrogens is 283 g/mol. The van der Waals surface area contributed by atoms with E-state index < -0.39 is 18.2 Å². The fraction of sp³-hybridized carbons (Fsp3) is 0.571. The number of hydrogen-bond donors (Lipinski definition) is 1. The van der Waals surface area contributed by atoms with Gasteiger partial charge in [-0.2, -0.15) is 8.78 Å². The summed E-state index contributed by atoms with van der Waals surface area (Å²) in [7, 11) is 3.99. The van der Waals surface area contributed by atoms with Crippen LogP contribution in [0.4, 0.5) is 24.5 Å². The lowest BCUT2D eigenvalue weighted by Gasteiger charge is -2.38. The van der Waals surface area contributed by atoms with Gasteiger partial charge in [-0.25, -0.2) is 4.39 Å². The Balaban J connectivity index is 2.25. The Bertz CT molecular complexity index is 497. The molecule has 2 N–H and O–H groups in total. The molecule has 1 aromatic rings. The number of likely N-dealkylation sites (N-methyl/N-ethyl adjacent to an activating group) is 1. The molecule has 0 bridgehead atoms. The Labute approximate surface area is 122 Å². The molecule has 1 heterocycles. The second-order valence-electron chi connectivity index (χ2n) is 5.43. The highest BCUT2D eigenvalue weighted by molar-refractivity contribution is 5.70. The van der Waals surface area contributed by atoms with Crippen LogP contribution in [0.2, 0.25) is 0 Å². The van der Waals surface area contributed by atoms with Crippen LogP contribution in [0.25, 0.3) is 0 Å². The molecule has 2 rings (SSSR count). The first-order valence-corrected chi connectivity index (χ1v) is 6.83. The third kappa shape index (κ3) is 3.72. The van der Waals surface area contributed by atoms with Crippen molar-refractivity contribution in [2.24, 2.45) is 0 Å². The van der Waals surface area contributed by atoms with Crippen molar-refractivity contribution < 1.29 is 17.9 Å². The maximum absolute atomic E-state index is 13.6. The summed E-state index contributed by atoms with van der Waals surface area (Å²) >= 11 is 0. The van der Waals surface area contributed by atoms with Crippen LogP contribution >= 0.6 is 0 Å². The van der Waals surface area contributed by atoms with Gasteiger partial charge in [0.05, 0.1) is 11.4 Å². The topological polar surface area (TPSA) is 41.7 Å². The first-order chi connectivity index (χ1) is 9.88. The minimum atomic E-state index is -3.06. The SMILES string of the molecule is CN(C)C1CCCN(c2cc(OC(F)F)c(F)cc2N)C1. The minimum Gasteiger partial charge on any atom is -0.432 e. The first kappa shape index (κ1) is 15.8. The highest BCUT2D eigenvalue weighted by Crippen LogP contribution is 2.33. The van der Waals surface area contributed by atoms with Gasteiger partial charge in [0, 0.05) is 31.3 Å². The smallest absolute Gasteiger partial charge is 0.387 e. The average Bonchev–Trinajstić information content (AvgIpc) is 2.41. The zero-order chi connectivity index (χ0) is 15.6. The number of hydrogen-bond acceptors (Lipinski definition) is 4. The third-order valence-electron chi connectivity index (χ3n) is 3.76. The number of rotatable bonds is 4. The van der Waals surface area contributed by atoms with Gasteiger partial charge in [-0.15, -0.1) is 0 Å². The Kier molecular flexibility index (Phi) is 4.82. The molecule has 21 heavy (non-hydrogen) atoms. The number of ether oxygens (including phenoxy) is 1. The van der Waals surface area contributed by atoms with E-state index in [4.69, 9.17) is 5.73 Å². The lowest BCUT2D eigenvalue weighted by molar-refractivity contribution is -0.0521. The summed E-state index contributed by atoms with van der Waals surface area (Å²) in [6.07, 6.45) is 2.02. The minimum absolute atomic E-state index is 0.230. The summed E-state index contributed by atoms with van der Waals surface area (Å²) in [4.78, 5) is 4.10. The molecule has 4 nitrogen and oxygen atoms in total. The molecule has 1 unspecified atom stereocenters. The summed E-state index contributed by atoms with van der Waals surface area (Å²) < 4.78 is 42.4. The Morgan fingerprint density at radius 3 is 2.71 bits per heavy atom. The normalized spacial score (nSPS) is 19.4. The number of nitrogens with zero attached hydrogens (tertiary/aromatic N) is 2. The second kappa shape index (κ2) is 6.43. The lowest BCUT2D eigenvalue weighted by Crippen LogP contribution is -2.45. The van der Waals surface area contributed by atoms with Gasteiger partial charge in [0.1, 0.15) is 0 Å². The highest BCUT2D eigenvalue weighted by atomic mass is 19.3. The van der Waals surface area contributed by atoms with Crippen molar-refractivity contribution in [3.63, 3.8) is 0 Å². The molecule has 1 fully saturated rings. The molecule has 0 saturated carbocycles. The van der Waals surface area contributed by atoms with Gasteiger partial charge in [0.25, 0.3) is 0 Å². The quantitative estimate of drug-likeness (QED) is 0.868. The van der Waals surface area contributed by atoms with Gasteiger partial charge < -0.3 is 20.3 Å². The van der Waals surface area contributed by atoms with Crippen LogP contribution in [0, 0.1) is 5.82 Å². The summed E-state index contributed by atoms with van der Waals surface area (Å²) in [6.45, 7) is -1.59. The van der Waals surface area contributed by atoms with E-state index in [1.165, 1.54) is 6.07 Å². The molecule has 1 aliphatic rings. The van der Waals surface area contributed by atoms with E-state index in [2.05, 4.69) is 9.64 Å². The number of nitrogens with two attached hydrogens (primary N) is 1. The standard InChI is InChI=1S/C14H20F3N3O/c1-19(2)9-4-3-5-20(8-9)12-7-13(21-14(16)17)10(15)6-11(12)18/h6-7,9,14H,3-5,8,18H2,1-2H3. The molecule has 1 atom stereocenters. The van der Waals surface area contributed by atoms with Crippen molar-refractivity contribution in [1.82, 2.24) is 4.90 Å². The van der Waals surface area contributed by atoms with E-state index >= 15 is 0 Å². The number of benzene rings is 1. The third-order valence-corrected chi connectivity index (χ3v) is 3.76. The summed E-state index contributed by atoms with van der Waals surface area (Å²) in [5, 5.41) is 0. The van der Waals surface area contributed by atoms with Crippen molar-refractivity contribution in [3.05, 3.63) is 17.9 Å². The maximum atomic E-state index is 13.6. The number of nitrogen functional groups attached to an aromatic ring is 1. The Morgan fingerprint density at radius 2 is 2.10 bits per heavy atom. The van der Waals surface area contributed by atoms with Crippen LogP contribution in [0.1, 0.15) is 12.8 Å². The van der Waals surface area contributed by atoms with Crippen molar-refractivity contribution in [2.75, 3.05) is 37.8 Å². The van der Waals surface area contributed by atoms with Crippen LogP contribution in [-0.4, -0.2) is 44.7 Å². The zero-order valence-corrected chi connectivity index (χ0v) is 12.2. The van der Waals surface area contributed by atoms with Crippen LogP contribution in [0.15, 0.2) is 12.1 Å². The van der Waals surface area contributed by atoms with Gasteiger partial charge in [-0.1, -0.05) is 0 Å². The second-order valence-corrected chi connectivity index (χ2v) is 5.43. The monoisotopic (exact) mass is 303 g/mol. The van der Waals surface area contributed by atoms with Gasteiger partial charge >= 0.3 is 6.61 Å². The number of anilines is 2. The molecule has 118 valence electrons. The van der Waals surface area contributed by atoms with Crippen LogP contribution in [-0.2, 0) is 0 Å². The molecule has 1 saturated heterocycles. The number of alkyl halides is 2. The summed E-state index contributed by atoms with van der Waals surface area (Å²) in [6, 6.07) is 2.64. The fourth-order valence-corrected chi connectivity index (χ4v) is 2.61. The maximum Gasteiger partial charge on any atom is 0.387 e. The van der Waals surface area contributed by atoms with Crippen molar-refractivity contribution in [2.45, 2.75) is 25.5 Å². The van der Waals surface area contributed by atoms with E-state index in [0.717, 1.165) is 32.0 Å². The summed E-state index contributed by atoms with van der Waals surface area (Å²) in [5.74, 6) is -1.35. The lowest BCUT2D eigenvalue weighted by atomic mass is 10.0. The molecule has 1 aliphatic heterocycles. The van der Waals surface area contributed by atoms with Crippen LogP contribution in [0.5, 0.6) is 5.75 Å². The Morgan fingerprint density at radius 1 is 1.38 bits per heavy atom. The zero-order valence-electron chi connectivity index (χ0n) is 12.2. The first-order valence-electron chi connectivity index (χ1n) is 6.83. The van der Waals surface area contributed by atoms with E-state index in [0.29, 0.717) is 11.7 Å². The van der Waals surface area contributed by atoms with E-state index in [1.807, 2.05) is 19.0 Å². The summed E-state index contributed by atoms with van der Waals surface area (Å²) in [5.41, 5.74) is 6.61.